The van der Waals surface area contributed by atoms with Crippen LogP contribution in [0, 0.1) is 0 Å². The lowest BCUT2D eigenvalue weighted by molar-refractivity contribution is -0.113. The predicted molar refractivity (Wildman–Crippen MR) is 97.6 cm³/mol. The van der Waals surface area contributed by atoms with Gasteiger partial charge in [-0.3, -0.25) is 9.59 Å². The fourth-order valence-electron chi connectivity index (χ4n) is 3.55. The van der Waals surface area contributed by atoms with Crippen LogP contribution in [0.2, 0.25) is 0 Å². The van der Waals surface area contributed by atoms with E-state index in [1.54, 1.807) is 0 Å². The van der Waals surface area contributed by atoms with Crippen LogP contribution in [0.1, 0.15) is 23.1 Å². The summed E-state index contributed by atoms with van der Waals surface area (Å²) in [5.74, 6) is -0.261. The second kappa shape index (κ2) is 5.57. The summed E-state index contributed by atoms with van der Waals surface area (Å²) in [5, 5.41) is 2.34. The van der Waals surface area contributed by atoms with E-state index in [0.29, 0.717) is 5.57 Å². The van der Waals surface area contributed by atoms with Crippen molar-refractivity contribution in [1.82, 2.24) is 0 Å². The summed E-state index contributed by atoms with van der Waals surface area (Å²) in [7, 11) is 0. The molecule has 0 spiro atoms. The number of ketones is 2. The van der Waals surface area contributed by atoms with Crippen molar-refractivity contribution < 1.29 is 9.59 Å². The maximum absolute atomic E-state index is 12.3. The summed E-state index contributed by atoms with van der Waals surface area (Å²) in [6.45, 7) is 3.83. The van der Waals surface area contributed by atoms with E-state index in [1.165, 1.54) is 34.8 Å². The minimum Gasteiger partial charge on any atom is -0.290 e. The number of carbonyl (C=O) groups excluding carboxylic acids is 2. The molecule has 2 aliphatic rings. The van der Waals surface area contributed by atoms with Gasteiger partial charge in [-0.05, 0) is 58.5 Å². The highest BCUT2D eigenvalue weighted by Gasteiger charge is 2.22. The number of benzene rings is 2. The van der Waals surface area contributed by atoms with Gasteiger partial charge in [-0.2, -0.15) is 0 Å². The maximum atomic E-state index is 12.3. The van der Waals surface area contributed by atoms with Gasteiger partial charge < -0.3 is 0 Å². The third-order valence-electron chi connectivity index (χ3n) is 4.59. The molecule has 0 N–H and O–H groups in total. The highest BCUT2D eigenvalue weighted by Crippen LogP contribution is 2.37. The van der Waals surface area contributed by atoms with E-state index < -0.39 is 0 Å². The van der Waals surface area contributed by atoms with Gasteiger partial charge in [0.25, 0.3) is 0 Å². The summed E-state index contributed by atoms with van der Waals surface area (Å²) in [6.07, 6.45) is 9.89. The lowest BCUT2D eigenvalue weighted by atomic mass is 9.82. The van der Waals surface area contributed by atoms with E-state index in [-0.39, 0.29) is 11.6 Å². The Hall–Kier alpha value is -3.00. The Morgan fingerprint density at radius 1 is 1.04 bits per heavy atom. The first-order chi connectivity index (χ1) is 11.7. The van der Waals surface area contributed by atoms with Gasteiger partial charge in [0.05, 0.1) is 0 Å². The molecule has 4 rings (SSSR count). The molecule has 2 aliphatic carbocycles. The minimum absolute atomic E-state index is 0.119. The van der Waals surface area contributed by atoms with Crippen LogP contribution >= 0.6 is 0 Å². The lowest BCUT2D eigenvalue weighted by Gasteiger charge is -2.21. The van der Waals surface area contributed by atoms with E-state index in [9.17, 15) is 9.59 Å². The Morgan fingerprint density at radius 2 is 1.92 bits per heavy atom. The summed E-state index contributed by atoms with van der Waals surface area (Å²) < 4.78 is 0. The van der Waals surface area contributed by atoms with Gasteiger partial charge in [0.2, 0.25) is 0 Å². The van der Waals surface area contributed by atoms with Crippen molar-refractivity contribution in [2.24, 2.45) is 0 Å². The SMILES string of the molecule is C=CCC1=Cc2c(C3=CC(=O)C=CC3=O)ccc3cccc(c23)C1. The first-order valence-electron chi connectivity index (χ1n) is 8.01. The van der Waals surface area contributed by atoms with Crippen LogP contribution in [0.3, 0.4) is 0 Å². The molecule has 24 heavy (non-hydrogen) atoms. The molecule has 116 valence electrons. The molecule has 0 fully saturated rings. The van der Waals surface area contributed by atoms with E-state index in [4.69, 9.17) is 0 Å². The molecule has 0 aliphatic heterocycles. The predicted octanol–water partition coefficient (Wildman–Crippen LogP) is 4.45. The second-order valence-corrected chi connectivity index (χ2v) is 6.17. The number of rotatable bonds is 3. The number of carbonyl (C=O) groups is 2. The Balaban J connectivity index is 2.01. The molecule has 0 heterocycles. The molecule has 2 nitrogen and oxygen atoms in total. The van der Waals surface area contributed by atoms with E-state index in [0.717, 1.165) is 29.4 Å². The molecule has 0 atom stereocenters. The molecule has 2 heteroatoms. The van der Waals surface area contributed by atoms with Gasteiger partial charge in [-0.15, -0.1) is 6.58 Å². The fourth-order valence-corrected chi connectivity index (χ4v) is 3.55. The Morgan fingerprint density at radius 3 is 2.75 bits per heavy atom. The van der Waals surface area contributed by atoms with Gasteiger partial charge in [-0.25, -0.2) is 0 Å². The zero-order valence-electron chi connectivity index (χ0n) is 13.2. The molecular weight excluding hydrogens is 296 g/mol. The van der Waals surface area contributed by atoms with Crippen molar-refractivity contribution >= 4 is 34.0 Å². The van der Waals surface area contributed by atoms with Gasteiger partial charge >= 0.3 is 0 Å². The molecule has 0 saturated heterocycles. The number of allylic oxidation sites excluding steroid dienone is 6. The van der Waals surface area contributed by atoms with Crippen molar-refractivity contribution in [2.75, 3.05) is 0 Å². The highest BCUT2D eigenvalue weighted by atomic mass is 16.1. The minimum atomic E-state index is -0.142. The van der Waals surface area contributed by atoms with Crippen LogP contribution < -0.4 is 0 Å². The lowest BCUT2D eigenvalue weighted by Crippen LogP contribution is -2.09. The molecule has 0 saturated carbocycles. The zero-order chi connectivity index (χ0) is 16.7. The maximum Gasteiger partial charge on any atom is 0.186 e. The molecule has 0 aromatic heterocycles. The molecule has 2 aromatic carbocycles. The van der Waals surface area contributed by atoms with Crippen molar-refractivity contribution in [2.45, 2.75) is 12.8 Å². The standard InChI is InChI=1S/C22H16O2/c1-2-4-14-11-16-6-3-5-15-7-9-18(20(12-14)22(15)16)19-13-17(23)8-10-21(19)24/h2-3,5-10,12-13H,1,4,11H2. The van der Waals surface area contributed by atoms with Gasteiger partial charge in [0.1, 0.15) is 0 Å². The van der Waals surface area contributed by atoms with Crippen LogP contribution in [-0.2, 0) is 16.0 Å². The monoisotopic (exact) mass is 312 g/mol. The third-order valence-corrected chi connectivity index (χ3v) is 4.59. The van der Waals surface area contributed by atoms with Gasteiger partial charge in [0.15, 0.2) is 11.6 Å². The van der Waals surface area contributed by atoms with Gasteiger partial charge in [0, 0.05) is 5.57 Å². The van der Waals surface area contributed by atoms with Gasteiger partial charge in [-0.1, -0.05) is 48.1 Å². The molecule has 0 amide bonds. The second-order valence-electron chi connectivity index (χ2n) is 6.17. The van der Waals surface area contributed by atoms with Crippen LogP contribution in [0.25, 0.3) is 22.4 Å². The number of hydrogen-bond acceptors (Lipinski definition) is 2. The summed E-state index contributed by atoms with van der Waals surface area (Å²) in [5.41, 5.74) is 4.87. The molecule has 2 aromatic rings. The summed E-state index contributed by atoms with van der Waals surface area (Å²) in [4.78, 5) is 24.1. The van der Waals surface area contributed by atoms with Crippen molar-refractivity contribution in [3.8, 4) is 0 Å². The smallest absolute Gasteiger partial charge is 0.186 e. The highest BCUT2D eigenvalue weighted by molar-refractivity contribution is 6.34. The van der Waals surface area contributed by atoms with Crippen molar-refractivity contribution in [3.63, 3.8) is 0 Å². The molecule has 0 bridgehead atoms. The van der Waals surface area contributed by atoms with Crippen LogP contribution in [0.5, 0.6) is 0 Å². The molecular formula is C22H16O2. The molecule has 0 unspecified atom stereocenters. The first-order valence-corrected chi connectivity index (χ1v) is 8.01. The molecule has 0 radical (unpaired) electrons. The third kappa shape index (κ3) is 2.28. The number of hydrogen-bond donors (Lipinski definition) is 0. The topological polar surface area (TPSA) is 34.1 Å². The quantitative estimate of drug-likeness (QED) is 0.620. The van der Waals surface area contributed by atoms with Crippen LogP contribution in [0.15, 0.2) is 66.8 Å². The Labute approximate surface area is 140 Å². The largest absolute Gasteiger partial charge is 0.290 e. The summed E-state index contributed by atoms with van der Waals surface area (Å²) >= 11 is 0. The zero-order valence-corrected chi connectivity index (χ0v) is 13.2. The first kappa shape index (κ1) is 14.6. The average Bonchev–Trinajstić information content (AvgIpc) is 2.58. The Bertz CT molecular complexity index is 1000. The van der Waals surface area contributed by atoms with E-state index >= 15 is 0 Å². The summed E-state index contributed by atoms with van der Waals surface area (Å²) in [6, 6.07) is 10.3. The van der Waals surface area contributed by atoms with Crippen LogP contribution in [0.4, 0.5) is 0 Å². The average molecular weight is 312 g/mol. The van der Waals surface area contributed by atoms with Crippen molar-refractivity contribution in [3.05, 3.63) is 83.5 Å². The van der Waals surface area contributed by atoms with E-state index in [1.807, 2.05) is 18.2 Å². The fraction of sp³-hybridized carbons (Fsp3) is 0.0909. The van der Waals surface area contributed by atoms with Crippen LogP contribution in [-0.4, -0.2) is 11.6 Å². The normalized spacial score (nSPS) is 16.2. The Kier molecular flexibility index (Phi) is 3.39. The van der Waals surface area contributed by atoms with E-state index in [2.05, 4.69) is 30.9 Å². The van der Waals surface area contributed by atoms with Crippen molar-refractivity contribution in [1.29, 1.82) is 0 Å².